The number of hydrogen-bond acceptors (Lipinski definition) is 5. The lowest BCUT2D eigenvalue weighted by Gasteiger charge is -2.24. The van der Waals surface area contributed by atoms with E-state index in [1.165, 1.54) is 30.3 Å². The number of hydrazone groups is 1. The predicted molar refractivity (Wildman–Crippen MR) is 125 cm³/mol. The highest BCUT2D eigenvalue weighted by molar-refractivity contribution is 7.92. The molecule has 0 saturated carbocycles. The van der Waals surface area contributed by atoms with Gasteiger partial charge in [0.2, 0.25) is 0 Å². The van der Waals surface area contributed by atoms with Crippen LogP contribution in [0.5, 0.6) is 5.75 Å². The summed E-state index contributed by atoms with van der Waals surface area (Å²) in [4.78, 5) is 12.5. The highest BCUT2D eigenvalue weighted by Gasteiger charge is 2.27. The minimum absolute atomic E-state index is 0.00851. The lowest BCUT2D eigenvalue weighted by atomic mass is 10.2. The van der Waals surface area contributed by atoms with Crippen LogP contribution in [0.3, 0.4) is 0 Å². The summed E-state index contributed by atoms with van der Waals surface area (Å²) in [6.07, 6.45) is 1.16. The zero-order valence-electron chi connectivity index (χ0n) is 18.2. The van der Waals surface area contributed by atoms with Crippen LogP contribution >= 0.6 is 0 Å². The number of sulfonamides is 1. The number of nitrogens with zero attached hydrogens (tertiary/aromatic N) is 2. The summed E-state index contributed by atoms with van der Waals surface area (Å²) in [6, 6.07) is 18.7. The maximum absolute atomic E-state index is 13.7. The number of rotatable bonds is 9. The van der Waals surface area contributed by atoms with Gasteiger partial charge in [0.05, 0.1) is 23.4 Å². The minimum Gasteiger partial charge on any atom is -0.494 e. The summed E-state index contributed by atoms with van der Waals surface area (Å²) in [7, 11) is -4.07. The maximum atomic E-state index is 13.7. The third-order valence-electron chi connectivity index (χ3n) is 4.63. The fourth-order valence-electron chi connectivity index (χ4n) is 2.95. The maximum Gasteiger partial charge on any atom is 0.264 e. The van der Waals surface area contributed by atoms with Gasteiger partial charge in [0, 0.05) is 5.56 Å². The molecule has 3 rings (SSSR count). The molecule has 172 valence electrons. The topological polar surface area (TPSA) is 88.1 Å². The first-order valence-corrected chi connectivity index (χ1v) is 11.6. The van der Waals surface area contributed by atoms with Gasteiger partial charge in [-0.25, -0.2) is 18.2 Å². The van der Waals surface area contributed by atoms with Gasteiger partial charge in [-0.1, -0.05) is 35.9 Å². The summed E-state index contributed by atoms with van der Waals surface area (Å²) >= 11 is 0. The van der Waals surface area contributed by atoms with E-state index in [-0.39, 0.29) is 10.5 Å². The van der Waals surface area contributed by atoms with E-state index in [4.69, 9.17) is 4.74 Å². The molecule has 0 atom stereocenters. The Morgan fingerprint density at radius 2 is 1.73 bits per heavy atom. The molecule has 0 aliphatic carbocycles. The molecule has 1 N–H and O–H groups in total. The second-order valence-corrected chi connectivity index (χ2v) is 8.93. The fourth-order valence-corrected chi connectivity index (χ4v) is 4.37. The van der Waals surface area contributed by atoms with Crippen LogP contribution in [0.2, 0.25) is 0 Å². The Morgan fingerprint density at radius 1 is 1.06 bits per heavy atom. The lowest BCUT2D eigenvalue weighted by molar-refractivity contribution is -0.119. The van der Waals surface area contributed by atoms with Crippen LogP contribution in [0.1, 0.15) is 18.1 Å². The van der Waals surface area contributed by atoms with Crippen molar-refractivity contribution < 1.29 is 22.3 Å². The molecule has 0 aromatic heterocycles. The van der Waals surface area contributed by atoms with Crippen LogP contribution < -0.4 is 14.5 Å². The average Bonchev–Trinajstić information content (AvgIpc) is 2.80. The Labute approximate surface area is 192 Å². The molecule has 7 nitrogen and oxygen atoms in total. The van der Waals surface area contributed by atoms with Crippen LogP contribution in [0.4, 0.5) is 10.1 Å². The molecule has 0 aliphatic rings. The van der Waals surface area contributed by atoms with Crippen LogP contribution in [0, 0.1) is 12.7 Å². The number of ether oxygens (including phenoxy) is 1. The van der Waals surface area contributed by atoms with Crippen molar-refractivity contribution in [1.82, 2.24) is 5.43 Å². The van der Waals surface area contributed by atoms with E-state index in [1.54, 1.807) is 42.5 Å². The molecule has 0 bridgehead atoms. The quantitative estimate of drug-likeness (QED) is 0.381. The van der Waals surface area contributed by atoms with E-state index in [9.17, 15) is 17.6 Å². The molecular formula is C24H24FN3O4S. The molecule has 9 heteroatoms. The van der Waals surface area contributed by atoms with Gasteiger partial charge < -0.3 is 4.74 Å². The number of anilines is 1. The van der Waals surface area contributed by atoms with E-state index in [0.29, 0.717) is 18.0 Å². The summed E-state index contributed by atoms with van der Waals surface area (Å²) in [6.45, 7) is 3.64. The summed E-state index contributed by atoms with van der Waals surface area (Å²) in [5.41, 5.74) is 3.71. The van der Waals surface area contributed by atoms with Crippen molar-refractivity contribution in [2.24, 2.45) is 5.10 Å². The van der Waals surface area contributed by atoms with Crippen LogP contribution in [0.25, 0.3) is 0 Å². The molecule has 1 amide bonds. The second kappa shape index (κ2) is 10.7. The van der Waals surface area contributed by atoms with Gasteiger partial charge in [0.1, 0.15) is 18.1 Å². The second-order valence-electron chi connectivity index (χ2n) is 7.07. The first-order chi connectivity index (χ1) is 15.8. The normalized spacial score (nSPS) is 11.4. The van der Waals surface area contributed by atoms with E-state index < -0.39 is 28.3 Å². The molecule has 0 radical (unpaired) electrons. The minimum atomic E-state index is -4.07. The molecule has 3 aromatic rings. The number of aryl methyl sites for hydroxylation is 1. The molecular weight excluding hydrogens is 445 g/mol. The fraction of sp³-hybridized carbons (Fsp3) is 0.167. The van der Waals surface area contributed by atoms with Gasteiger partial charge in [-0.3, -0.25) is 9.10 Å². The van der Waals surface area contributed by atoms with Crippen LogP contribution in [0.15, 0.2) is 82.8 Å². The number of amides is 1. The van der Waals surface area contributed by atoms with E-state index in [0.717, 1.165) is 16.1 Å². The zero-order chi connectivity index (χ0) is 23.8. The van der Waals surface area contributed by atoms with E-state index in [2.05, 4.69) is 10.5 Å². The van der Waals surface area contributed by atoms with Gasteiger partial charge in [0.15, 0.2) is 0 Å². The van der Waals surface area contributed by atoms with Crippen LogP contribution in [-0.2, 0) is 14.8 Å². The predicted octanol–water partition coefficient (Wildman–Crippen LogP) is 3.88. The molecule has 0 unspecified atom stereocenters. The van der Waals surface area contributed by atoms with Crippen molar-refractivity contribution in [3.63, 3.8) is 0 Å². The van der Waals surface area contributed by atoms with Gasteiger partial charge in [-0.05, 0) is 56.3 Å². The van der Waals surface area contributed by atoms with Gasteiger partial charge in [0.25, 0.3) is 15.9 Å². The standard InChI is InChI=1S/C24H24FN3O4S/c1-3-32-21-12-14-22(15-13-21)33(30,31)28(20-10-8-18(2)9-11-20)17-24(29)27-26-16-19-6-4-5-7-23(19)25/h4-16H,3,17H2,1-2H3,(H,27,29). The van der Waals surface area contributed by atoms with Crippen molar-refractivity contribution in [1.29, 1.82) is 0 Å². The van der Waals surface area contributed by atoms with Gasteiger partial charge in [-0.15, -0.1) is 0 Å². The van der Waals surface area contributed by atoms with Crippen LogP contribution in [-0.4, -0.2) is 33.7 Å². The number of benzene rings is 3. The third-order valence-corrected chi connectivity index (χ3v) is 6.42. The number of halogens is 1. The van der Waals surface area contributed by atoms with E-state index >= 15 is 0 Å². The zero-order valence-corrected chi connectivity index (χ0v) is 19.0. The lowest BCUT2D eigenvalue weighted by Crippen LogP contribution is -2.39. The first kappa shape index (κ1) is 23.9. The Balaban J connectivity index is 1.84. The van der Waals surface area contributed by atoms with Crippen molar-refractivity contribution in [2.45, 2.75) is 18.7 Å². The number of hydrogen-bond donors (Lipinski definition) is 1. The van der Waals surface area contributed by atoms with Crippen molar-refractivity contribution in [2.75, 3.05) is 17.5 Å². The Kier molecular flexibility index (Phi) is 7.78. The highest BCUT2D eigenvalue weighted by atomic mass is 32.2. The Morgan fingerprint density at radius 3 is 2.36 bits per heavy atom. The first-order valence-electron chi connectivity index (χ1n) is 10.2. The number of nitrogens with one attached hydrogen (secondary N) is 1. The average molecular weight is 470 g/mol. The summed E-state index contributed by atoms with van der Waals surface area (Å²) in [5.74, 6) is -0.633. The third kappa shape index (κ3) is 6.17. The molecule has 0 spiro atoms. The monoisotopic (exact) mass is 469 g/mol. The molecule has 3 aromatic carbocycles. The largest absolute Gasteiger partial charge is 0.494 e. The smallest absolute Gasteiger partial charge is 0.264 e. The van der Waals surface area contributed by atoms with Gasteiger partial charge >= 0.3 is 0 Å². The molecule has 0 saturated heterocycles. The summed E-state index contributed by atoms with van der Waals surface area (Å²) in [5, 5.41) is 3.75. The molecule has 0 heterocycles. The van der Waals surface area contributed by atoms with Crippen molar-refractivity contribution in [3.05, 3.63) is 89.7 Å². The van der Waals surface area contributed by atoms with Crippen molar-refractivity contribution in [3.8, 4) is 5.75 Å². The highest BCUT2D eigenvalue weighted by Crippen LogP contribution is 2.25. The molecule has 33 heavy (non-hydrogen) atoms. The Bertz CT molecular complexity index is 1230. The SMILES string of the molecule is CCOc1ccc(S(=O)(=O)N(CC(=O)NN=Cc2ccccc2F)c2ccc(C)cc2)cc1. The summed E-state index contributed by atoms with van der Waals surface area (Å²) < 4.78 is 46.8. The Hall–Kier alpha value is -3.72. The molecule has 0 fully saturated rings. The van der Waals surface area contributed by atoms with Gasteiger partial charge in [-0.2, -0.15) is 5.10 Å². The number of carbonyl (C=O) groups is 1. The molecule has 0 aliphatic heterocycles. The van der Waals surface area contributed by atoms with E-state index in [1.807, 2.05) is 13.8 Å². The van der Waals surface area contributed by atoms with Crippen molar-refractivity contribution >= 4 is 27.8 Å². The number of carbonyl (C=O) groups excluding carboxylic acids is 1.